The second-order valence-electron chi connectivity index (χ2n) is 7.78. The summed E-state index contributed by atoms with van der Waals surface area (Å²) in [6.45, 7) is 5.33. The van der Waals surface area contributed by atoms with Gasteiger partial charge >= 0.3 is 0 Å². The van der Waals surface area contributed by atoms with Gasteiger partial charge < -0.3 is 9.80 Å². The molecule has 0 N–H and O–H groups in total. The zero-order valence-corrected chi connectivity index (χ0v) is 15.5. The van der Waals surface area contributed by atoms with E-state index in [4.69, 9.17) is 0 Å². The van der Waals surface area contributed by atoms with Gasteiger partial charge in [0.1, 0.15) is 0 Å². The lowest BCUT2D eigenvalue weighted by atomic mass is 9.94. The molecule has 0 bridgehead atoms. The molecule has 2 aliphatic rings. The summed E-state index contributed by atoms with van der Waals surface area (Å²) in [5, 5.41) is 0. The molecule has 1 aromatic rings. The van der Waals surface area contributed by atoms with Crippen molar-refractivity contribution >= 4 is 11.8 Å². The van der Waals surface area contributed by atoms with Gasteiger partial charge in [-0.25, -0.2) is 0 Å². The van der Waals surface area contributed by atoms with E-state index in [1.165, 1.54) is 19.3 Å². The van der Waals surface area contributed by atoms with Crippen LogP contribution < -0.4 is 0 Å². The Kier molecular flexibility index (Phi) is 5.77. The Morgan fingerprint density at radius 3 is 2.48 bits per heavy atom. The van der Waals surface area contributed by atoms with Crippen LogP contribution in [0.2, 0.25) is 0 Å². The molecule has 3 rings (SSSR count). The third kappa shape index (κ3) is 4.23. The first-order valence-electron chi connectivity index (χ1n) is 9.70. The molecule has 1 saturated heterocycles. The number of hydrogen-bond acceptors (Lipinski definition) is 2. The molecule has 1 unspecified atom stereocenters. The number of benzene rings is 1. The maximum Gasteiger partial charge on any atom is 0.228 e. The van der Waals surface area contributed by atoms with Crippen LogP contribution in [0.25, 0.3) is 0 Å². The fourth-order valence-corrected chi connectivity index (χ4v) is 4.17. The second-order valence-corrected chi connectivity index (χ2v) is 7.78. The van der Waals surface area contributed by atoms with Crippen molar-refractivity contribution in [2.24, 2.45) is 5.92 Å². The summed E-state index contributed by atoms with van der Waals surface area (Å²) < 4.78 is 0. The minimum absolute atomic E-state index is 0.130. The first kappa shape index (κ1) is 18.0. The van der Waals surface area contributed by atoms with Crippen molar-refractivity contribution in [1.82, 2.24) is 9.80 Å². The number of nitrogens with zero attached hydrogens (tertiary/aromatic N) is 2. The van der Waals surface area contributed by atoms with E-state index in [1.54, 1.807) is 0 Å². The van der Waals surface area contributed by atoms with Crippen LogP contribution in [-0.4, -0.2) is 40.2 Å². The third-order valence-corrected chi connectivity index (χ3v) is 5.63. The highest BCUT2D eigenvalue weighted by molar-refractivity contribution is 5.89. The molecule has 4 heteroatoms. The standard InChI is InChI=1S/C21H30N2O2/c1-16(2)22(14-17-9-5-3-6-10-17)21(25)18-13-20(24)23(15-18)19-11-7-4-8-12-19/h3,5-6,9-10,16,18-19H,4,7-8,11-15H2,1-2H3. The Balaban J connectivity index is 1.67. The fourth-order valence-electron chi connectivity index (χ4n) is 4.17. The molecule has 1 aromatic carbocycles. The lowest BCUT2D eigenvalue weighted by Crippen LogP contribution is -2.42. The van der Waals surface area contributed by atoms with Gasteiger partial charge in [-0.3, -0.25) is 9.59 Å². The summed E-state index contributed by atoms with van der Waals surface area (Å²) in [5.74, 6) is 0.125. The van der Waals surface area contributed by atoms with E-state index < -0.39 is 0 Å². The maximum absolute atomic E-state index is 13.1. The fraction of sp³-hybridized carbons (Fsp3) is 0.619. The molecular weight excluding hydrogens is 312 g/mol. The number of rotatable bonds is 5. The van der Waals surface area contributed by atoms with Gasteiger partial charge in [0, 0.05) is 31.6 Å². The van der Waals surface area contributed by atoms with Gasteiger partial charge in [-0.1, -0.05) is 49.6 Å². The first-order chi connectivity index (χ1) is 12.1. The largest absolute Gasteiger partial charge is 0.339 e. The maximum atomic E-state index is 13.1. The van der Waals surface area contributed by atoms with Crippen molar-refractivity contribution in [3.05, 3.63) is 35.9 Å². The van der Waals surface area contributed by atoms with Crippen molar-refractivity contribution in [1.29, 1.82) is 0 Å². The van der Waals surface area contributed by atoms with Crippen LogP contribution in [0.5, 0.6) is 0 Å². The van der Waals surface area contributed by atoms with Crippen LogP contribution in [0.4, 0.5) is 0 Å². The van der Waals surface area contributed by atoms with E-state index in [0.717, 1.165) is 18.4 Å². The highest BCUT2D eigenvalue weighted by Crippen LogP contribution is 2.30. The lowest BCUT2D eigenvalue weighted by Gasteiger charge is -2.32. The second kappa shape index (κ2) is 8.03. The van der Waals surface area contributed by atoms with Crippen LogP contribution in [0.1, 0.15) is 57.9 Å². The highest BCUT2D eigenvalue weighted by atomic mass is 16.2. The lowest BCUT2D eigenvalue weighted by molar-refractivity contribution is -0.138. The number of carbonyl (C=O) groups is 2. The zero-order valence-electron chi connectivity index (χ0n) is 15.5. The number of amides is 2. The molecule has 2 fully saturated rings. The molecule has 0 radical (unpaired) electrons. The summed E-state index contributed by atoms with van der Waals surface area (Å²) >= 11 is 0. The summed E-state index contributed by atoms with van der Waals surface area (Å²) in [5.41, 5.74) is 1.14. The van der Waals surface area contributed by atoms with Crippen molar-refractivity contribution < 1.29 is 9.59 Å². The molecule has 1 atom stereocenters. The van der Waals surface area contributed by atoms with Gasteiger partial charge in [0.25, 0.3) is 0 Å². The smallest absolute Gasteiger partial charge is 0.228 e. The van der Waals surface area contributed by atoms with Gasteiger partial charge in [-0.2, -0.15) is 0 Å². The van der Waals surface area contributed by atoms with Gasteiger partial charge in [-0.05, 0) is 32.3 Å². The molecule has 1 aliphatic carbocycles. The van der Waals surface area contributed by atoms with Crippen molar-refractivity contribution in [3.8, 4) is 0 Å². The molecule has 1 saturated carbocycles. The Hall–Kier alpha value is -1.84. The van der Waals surface area contributed by atoms with Crippen LogP contribution in [-0.2, 0) is 16.1 Å². The average molecular weight is 342 g/mol. The Bertz CT molecular complexity index is 593. The van der Waals surface area contributed by atoms with Gasteiger partial charge in [0.05, 0.1) is 5.92 Å². The van der Waals surface area contributed by atoms with Crippen LogP contribution in [0.15, 0.2) is 30.3 Å². The Morgan fingerprint density at radius 1 is 1.16 bits per heavy atom. The van der Waals surface area contributed by atoms with Crippen molar-refractivity contribution in [2.75, 3.05) is 6.54 Å². The molecule has 25 heavy (non-hydrogen) atoms. The molecule has 1 heterocycles. The molecule has 136 valence electrons. The van der Waals surface area contributed by atoms with E-state index in [1.807, 2.05) is 28.0 Å². The monoisotopic (exact) mass is 342 g/mol. The van der Waals surface area contributed by atoms with E-state index in [-0.39, 0.29) is 23.8 Å². The Labute approximate surface area is 151 Å². The summed E-state index contributed by atoms with van der Waals surface area (Å²) in [4.78, 5) is 29.5. The van der Waals surface area contributed by atoms with E-state index >= 15 is 0 Å². The number of hydrogen-bond donors (Lipinski definition) is 0. The highest BCUT2D eigenvalue weighted by Gasteiger charge is 2.40. The van der Waals surface area contributed by atoms with Gasteiger partial charge in [0.15, 0.2) is 0 Å². The van der Waals surface area contributed by atoms with Crippen LogP contribution in [0, 0.1) is 5.92 Å². The molecule has 1 aliphatic heterocycles. The van der Waals surface area contributed by atoms with Gasteiger partial charge in [-0.15, -0.1) is 0 Å². The molecule has 2 amide bonds. The van der Waals surface area contributed by atoms with E-state index in [9.17, 15) is 9.59 Å². The van der Waals surface area contributed by atoms with Crippen molar-refractivity contribution in [2.45, 2.75) is 71.0 Å². The normalized spacial score (nSPS) is 21.8. The minimum atomic E-state index is -0.180. The van der Waals surface area contributed by atoms with E-state index in [0.29, 0.717) is 25.6 Å². The minimum Gasteiger partial charge on any atom is -0.339 e. The van der Waals surface area contributed by atoms with Gasteiger partial charge in [0.2, 0.25) is 11.8 Å². The Morgan fingerprint density at radius 2 is 1.84 bits per heavy atom. The summed E-state index contributed by atoms with van der Waals surface area (Å²) in [6, 6.07) is 10.6. The summed E-state index contributed by atoms with van der Waals surface area (Å²) in [7, 11) is 0. The predicted octanol–water partition coefficient (Wildman–Crippen LogP) is 3.60. The quantitative estimate of drug-likeness (QED) is 0.820. The molecule has 0 aromatic heterocycles. The predicted molar refractivity (Wildman–Crippen MR) is 98.8 cm³/mol. The average Bonchev–Trinajstić information content (AvgIpc) is 3.02. The molecule has 0 spiro atoms. The van der Waals surface area contributed by atoms with Crippen molar-refractivity contribution in [3.63, 3.8) is 0 Å². The topological polar surface area (TPSA) is 40.6 Å². The number of likely N-dealkylation sites (tertiary alicyclic amines) is 1. The summed E-state index contributed by atoms with van der Waals surface area (Å²) in [6.07, 6.45) is 6.28. The number of carbonyl (C=O) groups excluding carboxylic acids is 2. The molecule has 4 nitrogen and oxygen atoms in total. The van der Waals surface area contributed by atoms with Crippen LogP contribution in [0.3, 0.4) is 0 Å². The van der Waals surface area contributed by atoms with E-state index in [2.05, 4.69) is 26.0 Å². The third-order valence-electron chi connectivity index (χ3n) is 5.63. The zero-order chi connectivity index (χ0) is 17.8. The van der Waals surface area contributed by atoms with Crippen LogP contribution >= 0.6 is 0 Å². The first-order valence-corrected chi connectivity index (χ1v) is 9.70. The molecular formula is C21H30N2O2. The SMILES string of the molecule is CC(C)N(Cc1ccccc1)C(=O)C1CC(=O)N(C2CCCCC2)C1.